The number of aryl methyl sites for hydroxylation is 2. The molecule has 120 valence electrons. The monoisotopic (exact) mass is 328 g/mol. The van der Waals surface area contributed by atoms with Gasteiger partial charge in [0.1, 0.15) is 5.82 Å². The zero-order valence-corrected chi connectivity index (χ0v) is 14.5. The molecule has 3 nitrogen and oxygen atoms in total. The second-order valence-corrected chi connectivity index (χ2v) is 6.01. The molecule has 1 heterocycles. The number of hydrogen-bond donors (Lipinski definition) is 0. The standard InChI is InChI=1S/C19H21ClN2O/c1-4-13-6-8-15(9-7-13)22-18-11-16(20)14(12-23-3)10-17(18)21-19(22)5-2/h6-11H,4-5,12H2,1-3H3. The number of nitrogens with zero attached hydrogens (tertiary/aromatic N) is 2. The minimum absolute atomic E-state index is 0.494. The molecule has 0 amide bonds. The Balaban J connectivity index is 2.19. The van der Waals surface area contributed by atoms with Crippen molar-refractivity contribution in [1.29, 1.82) is 0 Å². The van der Waals surface area contributed by atoms with Gasteiger partial charge in [0.2, 0.25) is 0 Å². The molecule has 0 fully saturated rings. The summed E-state index contributed by atoms with van der Waals surface area (Å²) in [5, 5.41) is 0.716. The summed E-state index contributed by atoms with van der Waals surface area (Å²) in [6.45, 7) is 4.78. The maximum atomic E-state index is 6.42. The van der Waals surface area contributed by atoms with Gasteiger partial charge in [-0.2, -0.15) is 0 Å². The zero-order chi connectivity index (χ0) is 16.4. The Morgan fingerprint density at radius 2 is 1.83 bits per heavy atom. The molecule has 3 aromatic rings. The number of aromatic nitrogens is 2. The van der Waals surface area contributed by atoms with E-state index in [1.165, 1.54) is 5.56 Å². The van der Waals surface area contributed by atoms with Gasteiger partial charge in [0.25, 0.3) is 0 Å². The molecule has 0 saturated heterocycles. The smallest absolute Gasteiger partial charge is 0.114 e. The van der Waals surface area contributed by atoms with Crippen LogP contribution >= 0.6 is 11.6 Å². The maximum absolute atomic E-state index is 6.42. The van der Waals surface area contributed by atoms with E-state index >= 15 is 0 Å². The summed E-state index contributed by atoms with van der Waals surface area (Å²) in [6, 6.07) is 12.7. The SMILES string of the molecule is CCc1ccc(-n2c(CC)nc3cc(COC)c(Cl)cc32)cc1. The van der Waals surface area contributed by atoms with E-state index in [4.69, 9.17) is 21.3 Å². The van der Waals surface area contributed by atoms with Crippen LogP contribution in [-0.2, 0) is 24.2 Å². The first-order valence-electron chi connectivity index (χ1n) is 7.95. The van der Waals surface area contributed by atoms with Gasteiger partial charge in [0, 0.05) is 24.2 Å². The van der Waals surface area contributed by atoms with Crippen molar-refractivity contribution < 1.29 is 4.74 Å². The number of halogens is 1. The Morgan fingerprint density at radius 3 is 2.43 bits per heavy atom. The molecule has 0 N–H and O–H groups in total. The number of fused-ring (bicyclic) bond motifs is 1. The molecule has 1 aromatic heterocycles. The third-order valence-electron chi connectivity index (χ3n) is 4.11. The van der Waals surface area contributed by atoms with Crippen LogP contribution in [0.3, 0.4) is 0 Å². The highest BCUT2D eigenvalue weighted by Crippen LogP contribution is 2.28. The molecule has 3 rings (SSSR count). The number of hydrogen-bond acceptors (Lipinski definition) is 2. The minimum atomic E-state index is 0.494. The first-order valence-corrected chi connectivity index (χ1v) is 8.33. The molecule has 4 heteroatoms. The molecular formula is C19H21ClN2O. The maximum Gasteiger partial charge on any atom is 0.114 e. The molecule has 0 aliphatic rings. The van der Waals surface area contributed by atoms with Crippen LogP contribution < -0.4 is 0 Å². The first kappa shape index (κ1) is 16.0. The molecule has 0 radical (unpaired) electrons. The van der Waals surface area contributed by atoms with E-state index in [0.29, 0.717) is 11.6 Å². The lowest BCUT2D eigenvalue weighted by Crippen LogP contribution is -2.00. The molecule has 23 heavy (non-hydrogen) atoms. The van der Waals surface area contributed by atoms with Crippen molar-refractivity contribution in [3.8, 4) is 5.69 Å². The van der Waals surface area contributed by atoms with Crippen LogP contribution in [0.5, 0.6) is 0 Å². The van der Waals surface area contributed by atoms with E-state index in [-0.39, 0.29) is 0 Å². The Kier molecular flexibility index (Phi) is 4.69. The molecule has 2 aromatic carbocycles. The van der Waals surface area contributed by atoms with Crippen LogP contribution in [0.25, 0.3) is 16.7 Å². The van der Waals surface area contributed by atoms with Crippen molar-refractivity contribution in [3.05, 3.63) is 58.4 Å². The van der Waals surface area contributed by atoms with E-state index < -0.39 is 0 Å². The molecule has 0 unspecified atom stereocenters. The fraction of sp³-hybridized carbons (Fsp3) is 0.316. The zero-order valence-electron chi connectivity index (χ0n) is 13.8. The van der Waals surface area contributed by atoms with Crippen LogP contribution in [0.15, 0.2) is 36.4 Å². The van der Waals surface area contributed by atoms with Crippen molar-refractivity contribution >= 4 is 22.6 Å². The van der Waals surface area contributed by atoms with Crippen LogP contribution in [0.2, 0.25) is 5.02 Å². The second-order valence-electron chi connectivity index (χ2n) is 5.60. The molecule has 0 aliphatic carbocycles. The number of rotatable bonds is 5. The number of ether oxygens (including phenoxy) is 1. The quantitative estimate of drug-likeness (QED) is 0.662. The lowest BCUT2D eigenvalue weighted by atomic mass is 10.1. The second kappa shape index (κ2) is 6.73. The van der Waals surface area contributed by atoms with Gasteiger partial charge in [-0.25, -0.2) is 4.98 Å². The van der Waals surface area contributed by atoms with Gasteiger partial charge >= 0.3 is 0 Å². The lowest BCUT2D eigenvalue weighted by molar-refractivity contribution is 0.185. The van der Waals surface area contributed by atoms with Crippen LogP contribution in [0.4, 0.5) is 0 Å². The van der Waals surface area contributed by atoms with E-state index in [0.717, 1.165) is 41.0 Å². The summed E-state index contributed by atoms with van der Waals surface area (Å²) in [5.41, 5.74) is 5.41. The van der Waals surface area contributed by atoms with Crippen LogP contribution in [0, 0.1) is 0 Å². The van der Waals surface area contributed by atoms with Crippen molar-refractivity contribution in [1.82, 2.24) is 9.55 Å². The van der Waals surface area contributed by atoms with E-state index in [1.807, 2.05) is 12.1 Å². The predicted molar refractivity (Wildman–Crippen MR) is 95.5 cm³/mol. The number of imidazole rings is 1. The average molecular weight is 329 g/mol. The lowest BCUT2D eigenvalue weighted by Gasteiger charge is -2.10. The Labute approximate surface area is 141 Å². The van der Waals surface area contributed by atoms with Gasteiger partial charge in [-0.15, -0.1) is 0 Å². The highest BCUT2D eigenvalue weighted by atomic mass is 35.5. The van der Waals surface area contributed by atoms with Gasteiger partial charge < -0.3 is 4.74 Å². The topological polar surface area (TPSA) is 27.1 Å². The fourth-order valence-electron chi connectivity index (χ4n) is 2.86. The van der Waals surface area contributed by atoms with Crippen molar-refractivity contribution in [3.63, 3.8) is 0 Å². The number of benzene rings is 2. The third kappa shape index (κ3) is 2.99. The summed E-state index contributed by atoms with van der Waals surface area (Å²) >= 11 is 6.42. The highest BCUT2D eigenvalue weighted by Gasteiger charge is 2.14. The third-order valence-corrected chi connectivity index (χ3v) is 4.46. The predicted octanol–water partition coefficient (Wildman–Crippen LogP) is 4.95. The number of methoxy groups -OCH3 is 1. The molecule has 0 atom stereocenters. The first-order chi connectivity index (χ1) is 11.2. The Hall–Kier alpha value is -1.84. The van der Waals surface area contributed by atoms with Crippen molar-refractivity contribution in [2.75, 3.05) is 7.11 Å². The van der Waals surface area contributed by atoms with E-state index in [1.54, 1.807) is 7.11 Å². The normalized spacial score (nSPS) is 11.3. The van der Waals surface area contributed by atoms with E-state index in [2.05, 4.69) is 42.7 Å². The molecule has 0 aliphatic heterocycles. The Bertz CT molecular complexity index is 821. The molecule has 0 saturated carbocycles. The van der Waals surface area contributed by atoms with Crippen LogP contribution in [-0.4, -0.2) is 16.7 Å². The summed E-state index contributed by atoms with van der Waals surface area (Å²) in [6.07, 6.45) is 1.90. The highest BCUT2D eigenvalue weighted by molar-refractivity contribution is 6.32. The molecule has 0 bridgehead atoms. The minimum Gasteiger partial charge on any atom is -0.380 e. The van der Waals surface area contributed by atoms with Crippen molar-refractivity contribution in [2.24, 2.45) is 0 Å². The van der Waals surface area contributed by atoms with Gasteiger partial charge in [0.05, 0.1) is 17.6 Å². The largest absolute Gasteiger partial charge is 0.380 e. The van der Waals surface area contributed by atoms with E-state index in [9.17, 15) is 0 Å². The fourth-order valence-corrected chi connectivity index (χ4v) is 3.08. The Morgan fingerprint density at radius 1 is 1.09 bits per heavy atom. The van der Waals surface area contributed by atoms with Crippen molar-refractivity contribution in [2.45, 2.75) is 33.3 Å². The summed E-state index contributed by atoms with van der Waals surface area (Å²) < 4.78 is 7.40. The summed E-state index contributed by atoms with van der Waals surface area (Å²) in [4.78, 5) is 4.78. The van der Waals surface area contributed by atoms with Gasteiger partial charge in [-0.3, -0.25) is 4.57 Å². The van der Waals surface area contributed by atoms with Crippen LogP contribution in [0.1, 0.15) is 30.8 Å². The van der Waals surface area contributed by atoms with Gasteiger partial charge in [-0.05, 0) is 41.8 Å². The van der Waals surface area contributed by atoms with Gasteiger partial charge in [0.15, 0.2) is 0 Å². The van der Waals surface area contributed by atoms with Gasteiger partial charge in [-0.1, -0.05) is 37.6 Å². The average Bonchev–Trinajstić information content (AvgIpc) is 2.93. The summed E-state index contributed by atoms with van der Waals surface area (Å²) in [5.74, 6) is 1.04. The summed E-state index contributed by atoms with van der Waals surface area (Å²) in [7, 11) is 1.67. The molecular weight excluding hydrogens is 308 g/mol. The molecule has 0 spiro atoms.